The number of furan rings is 1. The van der Waals surface area contributed by atoms with Crippen LogP contribution in [0.3, 0.4) is 0 Å². The van der Waals surface area contributed by atoms with Crippen molar-refractivity contribution in [2.45, 2.75) is 0 Å². The maximum Gasteiger partial charge on any atom is 0.255 e. The predicted molar refractivity (Wildman–Crippen MR) is 152 cm³/mol. The zero-order valence-corrected chi connectivity index (χ0v) is 21.2. The van der Waals surface area contributed by atoms with E-state index in [1.807, 2.05) is 18.2 Å². The molecule has 0 bridgehead atoms. The van der Waals surface area contributed by atoms with Crippen molar-refractivity contribution >= 4 is 44.7 Å². The molecule has 0 aliphatic rings. The topological polar surface area (TPSA) is 146 Å². The average molecular weight is 521 g/mol. The van der Waals surface area contributed by atoms with Crippen LogP contribution in [0, 0.1) is 17.1 Å². The van der Waals surface area contributed by atoms with E-state index < -0.39 is 5.82 Å². The highest BCUT2D eigenvalue weighted by atomic mass is 19.1. The molecule has 39 heavy (non-hydrogen) atoms. The summed E-state index contributed by atoms with van der Waals surface area (Å²) in [5.74, 6) is -0.412. The largest absolute Gasteiger partial charge is 0.455 e. The molecule has 5 rings (SSSR count). The summed E-state index contributed by atoms with van der Waals surface area (Å²) in [5.41, 5.74) is 18.3. The van der Waals surface area contributed by atoms with Gasteiger partial charge < -0.3 is 31.5 Å². The molecule has 5 aromatic rings. The van der Waals surface area contributed by atoms with Crippen molar-refractivity contribution in [3.05, 3.63) is 101 Å². The third-order valence-corrected chi connectivity index (χ3v) is 6.52. The number of rotatable bonds is 6. The van der Waals surface area contributed by atoms with Gasteiger partial charge in [0.1, 0.15) is 17.2 Å². The minimum absolute atomic E-state index is 0.320. The molecule has 1 amide bonds. The van der Waals surface area contributed by atoms with E-state index in [0.29, 0.717) is 61.6 Å². The number of anilines is 1. The number of nitriles is 1. The Morgan fingerprint density at radius 3 is 2.54 bits per heavy atom. The quantitative estimate of drug-likeness (QED) is 0.192. The number of hydrogen-bond acceptors (Lipinski definition) is 6. The molecule has 9 heteroatoms. The zero-order valence-electron chi connectivity index (χ0n) is 21.2. The Bertz CT molecular complexity index is 1840. The van der Waals surface area contributed by atoms with Crippen LogP contribution in [0.2, 0.25) is 0 Å². The summed E-state index contributed by atoms with van der Waals surface area (Å²) in [5, 5.41) is 16.5. The third kappa shape index (κ3) is 4.55. The van der Waals surface area contributed by atoms with Crippen LogP contribution in [0.5, 0.6) is 0 Å². The van der Waals surface area contributed by atoms with Crippen molar-refractivity contribution in [2.24, 2.45) is 11.5 Å². The second-order valence-electron chi connectivity index (χ2n) is 8.85. The Morgan fingerprint density at radius 1 is 1.10 bits per heavy atom. The smallest absolute Gasteiger partial charge is 0.255 e. The number of aromatic nitrogens is 1. The molecule has 0 aliphatic carbocycles. The van der Waals surface area contributed by atoms with Crippen LogP contribution < -0.4 is 22.1 Å². The van der Waals surface area contributed by atoms with Crippen molar-refractivity contribution in [1.29, 1.82) is 5.26 Å². The van der Waals surface area contributed by atoms with E-state index in [9.17, 15) is 14.4 Å². The van der Waals surface area contributed by atoms with E-state index in [1.54, 1.807) is 43.5 Å². The standard InChI is InChI=1S/C30H25FN6O2/c1-35-25-13-27-22(28(30(38)36-2)29(39-27)17-5-7-20(31)8-6-17)12-21(25)19(15-33)10-23(34)26-11-18-4-3-16(14-32)9-24(18)37-26/h3-13,15,35,37H,33-34H2,1-2H3,(H,36,38)/b19-15+,23-10-. The molecular weight excluding hydrogens is 495 g/mol. The van der Waals surface area contributed by atoms with E-state index in [-0.39, 0.29) is 5.91 Å². The van der Waals surface area contributed by atoms with Gasteiger partial charge in [0.05, 0.1) is 28.6 Å². The normalized spacial score (nSPS) is 12.1. The van der Waals surface area contributed by atoms with Gasteiger partial charge in [0.15, 0.2) is 0 Å². The van der Waals surface area contributed by atoms with E-state index in [4.69, 9.17) is 15.9 Å². The molecule has 8 nitrogen and oxygen atoms in total. The van der Waals surface area contributed by atoms with Crippen molar-refractivity contribution in [3.63, 3.8) is 0 Å². The number of nitrogens with zero attached hydrogens (tertiary/aromatic N) is 1. The Balaban J connectivity index is 1.65. The van der Waals surface area contributed by atoms with Crippen LogP contribution in [0.4, 0.5) is 10.1 Å². The molecule has 0 saturated carbocycles. The van der Waals surface area contributed by atoms with Crippen molar-refractivity contribution in [3.8, 4) is 17.4 Å². The first-order valence-electron chi connectivity index (χ1n) is 12.1. The molecule has 2 aromatic heterocycles. The number of benzene rings is 3. The van der Waals surface area contributed by atoms with Crippen LogP contribution in [-0.4, -0.2) is 25.0 Å². The monoisotopic (exact) mass is 520 g/mol. The van der Waals surface area contributed by atoms with Crippen molar-refractivity contribution < 1.29 is 13.6 Å². The first kappa shape index (κ1) is 25.2. The highest BCUT2D eigenvalue weighted by Gasteiger charge is 2.23. The summed E-state index contributed by atoms with van der Waals surface area (Å²) in [7, 11) is 3.30. The summed E-state index contributed by atoms with van der Waals surface area (Å²) in [6, 6.07) is 18.7. The first-order chi connectivity index (χ1) is 18.9. The molecule has 2 heterocycles. The molecule has 0 saturated heterocycles. The van der Waals surface area contributed by atoms with Gasteiger partial charge in [0.2, 0.25) is 0 Å². The summed E-state index contributed by atoms with van der Waals surface area (Å²) in [6.45, 7) is 0. The van der Waals surface area contributed by atoms with E-state index >= 15 is 0 Å². The van der Waals surface area contributed by atoms with Crippen LogP contribution in [0.15, 0.2) is 77.4 Å². The average Bonchev–Trinajstić information content (AvgIpc) is 3.56. The number of aromatic amines is 1. The molecule has 0 fully saturated rings. The number of allylic oxidation sites excluding steroid dienone is 2. The maximum atomic E-state index is 13.6. The number of H-pyrrole nitrogens is 1. The number of carbonyl (C=O) groups excluding carboxylic acids is 1. The molecule has 0 aliphatic heterocycles. The van der Waals surface area contributed by atoms with Gasteiger partial charge in [-0.25, -0.2) is 4.39 Å². The second-order valence-corrected chi connectivity index (χ2v) is 8.85. The SMILES string of the molecule is CNC(=O)c1c(-c2ccc(F)cc2)oc2cc(NC)c(C(/C=C(\N)c3cc4ccc(C#N)cc4[nH]3)=C/N)cc12. The molecular formula is C30H25FN6O2. The van der Waals surface area contributed by atoms with Gasteiger partial charge in [0.25, 0.3) is 5.91 Å². The van der Waals surface area contributed by atoms with E-state index in [1.165, 1.54) is 25.4 Å². The lowest BCUT2D eigenvalue weighted by molar-refractivity contribution is 0.0964. The fourth-order valence-electron chi connectivity index (χ4n) is 4.56. The first-order valence-corrected chi connectivity index (χ1v) is 12.1. The number of carbonyl (C=O) groups is 1. The number of fused-ring (bicyclic) bond motifs is 2. The predicted octanol–water partition coefficient (Wildman–Crippen LogP) is 5.29. The molecule has 194 valence electrons. The van der Waals surface area contributed by atoms with Gasteiger partial charge in [0, 0.05) is 65.0 Å². The number of hydrogen-bond donors (Lipinski definition) is 5. The third-order valence-electron chi connectivity index (χ3n) is 6.52. The fourth-order valence-corrected chi connectivity index (χ4v) is 4.56. The Hall–Kier alpha value is -5.49. The molecule has 0 unspecified atom stereocenters. The maximum absolute atomic E-state index is 13.6. The molecule has 3 aromatic carbocycles. The van der Waals surface area contributed by atoms with Crippen LogP contribution in [0.1, 0.15) is 27.2 Å². The summed E-state index contributed by atoms with van der Waals surface area (Å²) >= 11 is 0. The van der Waals surface area contributed by atoms with E-state index in [2.05, 4.69) is 21.7 Å². The van der Waals surface area contributed by atoms with Gasteiger partial charge >= 0.3 is 0 Å². The van der Waals surface area contributed by atoms with Crippen molar-refractivity contribution in [2.75, 3.05) is 19.4 Å². The second kappa shape index (κ2) is 10.1. The minimum Gasteiger partial charge on any atom is -0.455 e. The van der Waals surface area contributed by atoms with Crippen LogP contribution in [0.25, 0.3) is 44.5 Å². The molecule has 0 spiro atoms. The van der Waals surface area contributed by atoms with Gasteiger partial charge in [-0.2, -0.15) is 5.26 Å². The van der Waals surface area contributed by atoms with Crippen LogP contribution in [-0.2, 0) is 0 Å². The molecule has 0 atom stereocenters. The Morgan fingerprint density at radius 2 is 1.87 bits per heavy atom. The van der Waals surface area contributed by atoms with Crippen LogP contribution >= 0.6 is 0 Å². The number of nitrogens with two attached hydrogens (primary N) is 2. The van der Waals surface area contributed by atoms with E-state index in [0.717, 1.165) is 10.9 Å². The molecule has 7 N–H and O–H groups in total. The number of halogens is 1. The summed E-state index contributed by atoms with van der Waals surface area (Å²) < 4.78 is 19.7. The summed E-state index contributed by atoms with van der Waals surface area (Å²) in [6.07, 6.45) is 3.17. The highest BCUT2D eigenvalue weighted by molar-refractivity contribution is 6.12. The molecule has 0 radical (unpaired) electrons. The fraction of sp³-hybridized carbons (Fsp3) is 0.0667. The Kier molecular flexibility index (Phi) is 6.52. The lowest BCUT2D eigenvalue weighted by Crippen LogP contribution is -2.18. The number of amides is 1. The number of nitrogens with one attached hydrogen (secondary N) is 3. The lowest BCUT2D eigenvalue weighted by atomic mass is 9.98. The zero-order chi connectivity index (χ0) is 27.7. The van der Waals surface area contributed by atoms with Gasteiger partial charge in [-0.1, -0.05) is 6.07 Å². The Labute approximate surface area is 223 Å². The van der Waals surface area contributed by atoms with Gasteiger partial charge in [-0.05, 0) is 54.6 Å². The van der Waals surface area contributed by atoms with Gasteiger partial charge in [-0.15, -0.1) is 0 Å². The summed E-state index contributed by atoms with van der Waals surface area (Å²) in [4.78, 5) is 16.2. The minimum atomic E-state index is -0.390. The lowest BCUT2D eigenvalue weighted by Gasteiger charge is -2.11. The highest BCUT2D eigenvalue weighted by Crippen LogP contribution is 2.38. The van der Waals surface area contributed by atoms with Gasteiger partial charge in [-0.3, -0.25) is 4.79 Å². The van der Waals surface area contributed by atoms with Crippen molar-refractivity contribution in [1.82, 2.24) is 10.3 Å².